The molecule has 0 aromatic carbocycles. The summed E-state index contributed by atoms with van der Waals surface area (Å²) in [6, 6.07) is 0. The molecule has 0 radical (unpaired) electrons. The summed E-state index contributed by atoms with van der Waals surface area (Å²) >= 11 is 4.96. The fourth-order valence-electron chi connectivity index (χ4n) is 0.979. The van der Waals surface area contributed by atoms with Crippen LogP contribution in [0.4, 0.5) is 0 Å². The SMILES string of the molecule is C/C(N=NC(=S)N(C)C)=C1/C=CC=CN1O. The second-order valence-electron chi connectivity index (χ2n) is 3.39. The molecule has 0 unspecified atom stereocenters. The molecule has 16 heavy (non-hydrogen) atoms. The molecule has 0 bridgehead atoms. The lowest BCUT2D eigenvalue weighted by Gasteiger charge is -2.16. The summed E-state index contributed by atoms with van der Waals surface area (Å²) in [6.07, 6.45) is 6.80. The average molecular weight is 238 g/mol. The molecule has 1 N–H and O–H groups in total. The maximum absolute atomic E-state index is 9.51. The van der Waals surface area contributed by atoms with E-state index < -0.39 is 0 Å². The maximum atomic E-state index is 9.51. The summed E-state index contributed by atoms with van der Waals surface area (Å²) in [7, 11) is 3.59. The molecule has 0 saturated carbocycles. The average Bonchev–Trinajstić information content (AvgIpc) is 2.25. The van der Waals surface area contributed by atoms with Crippen LogP contribution in [0, 0.1) is 0 Å². The van der Waals surface area contributed by atoms with E-state index in [4.69, 9.17) is 12.2 Å². The lowest BCUT2D eigenvalue weighted by Crippen LogP contribution is -2.17. The summed E-state index contributed by atoms with van der Waals surface area (Å²) in [6.45, 7) is 1.75. The first-order valence-electron chi connectivity index (χ1n) is 4.69. The topological polar surface area (TPSA) is 51.4 Å². The summed E-state index contributed by atoms with van der Waals surface area (Å²) in [5, 5.41) is 18.7. The van der Waals surface area contributed by atoms with Gasteiger partial charge in [0.2, 0.25) is 5.11 Å². The molecule has 0 aromatic rings. The molecule has 1 aliphatic heterocycles. The summed E-state index contributed by atoms with van der Waals surface area (Å²) in [5.41, 5.74) is 1.17. The zero-order valence-corrected chi connectivity index (χ0v) is 10.3. The van der Waals surface area contributed by atoms with Crippen LogP contribution in [0.15, 0.2) is 46.1 Å². The van der Waals surface area contributed by atoms with Crippen molar-refractivity contribution in [2.75, 3.05) is 14.1 Å². The Morgan fingerprint density at radius 1 is 1.38 bits per heavy atom. The van der Waals surface area contributed by atoms with Crippen LogP contribution < -0.4 is 0 Å². The standard InChI is InChI=1S/C10H14N4OS/c1-8(11-12-10(16)13(2)3)9-6-4-5-7-14(9)15/h4-7,15H,1-3H3/b9-8+,12-11?. The number of thiocarbonyl (C=S) groups is 1. The zero-order chi connectivity index (χ0) is 12.1. The number of hydrogen-bond acceptors (Lipinski definition) is 4. The Kier molecular flexibility index (Phi) is 4.33. The fourth-order valence-corrected chi connectivity index (χ4v) is 1.02. The van der Waals surface area contributed by atoms with Gasteiger partial charge in [0, 0.05) is 20.3 Å². The van der Waals surface area contributed by atoms with E-state index in [1.165, 1.54) is 6.20 Å². The molecule has 0 amide bonds. The van der Waals surface area contributed by atoms with Crippen molar-refractivity contribution in [3.63, 3.8) is 0 Å². The molecular formula is C10H14N4OS. The number of hydrogen-bond donors (Lipinski definition) is 1. The smallest absolute Gasteiger partial charge is 0.215 e. The molecule has 0 fully saturated rings. The van der Waals surface area contributed by atoms with Gasteiger partial charge in [0.1, 0.15) is 0 Å². The van der Waals surface area contributed by atoms with E-state index in [9.17, 15) is 5.21 Å². The van der Waals surface area contributed by atoms with Gasteiger partial charge in [-0.3, -0.25) is 5.21 Å². The highest BCUT2D eigenvalue weighted by molar-refractivity contribution is 7.80. The highest BCUT2D eigenvalue weighted by Crippen LogP contribution is 2.15. The third-order valence-corrected chi connectivity index (χ3v) is 2.32. The molecule has 0 atom stereocenters. The normalized spacial score (nSPS) is 18.1. The highest BCUT2D eigenvalue weighted by Gasteiger charge is 2.07. The number of nitrogens with zero attached hydrogens (tertiary/aromatic N) is 4. The van der Waals surface area contributed by atoms with E-state index in [-0.39, 0.29) is 0 Å². The number of rotatable bonds is 1. The predicted octanol–water partition coefficient (Wildman–Crippen LogP) is 2.29. The minimum Gasteiger partial charge on any atom is -0.352 e. The minimum absolute atomic E-state index is 0.389. The summed E-state index contributed by atoms with van der Waals surface area (Å²) in [5.74, 6) is 0. The van der Waals surface area contributed by atoms with Gasteiger partial charge in [-0.25, -0.2) is 5.06 Å². The van der Waals surface area contributed by atoms with Crippen LogP contribution >= 0.6 is 12.2 Å². The monoisotopic (exact) mass is 238 g/mol. The van der Waals surface area contributed by atoms with Gasteiger partial charge in [0.25, 0.3) is 0 Å². The van der Waals surface area contributed by atoms with Crippen molar-refractivity contribution in [1.82, 2.24) is 9.96 Å². The first-order valence-corrected chi connectivity index (χ1v) is 5.10. The fraction of sp³-hybridized carbons (Fsp3) is 0.300. The lowest BCUT2D eigenvalue weighted by atomic mass is 10.2. The van der Waals surface area contributed by atoms with Crippen LogP contribution in [0.1, 0.15) is 6.92 Å². The van der Waals surface area contributed by atoms with E-state index in [2.05, 4.69) is 10.2 Å². The van der Waals surface area contributed by atoms with Gasteiger partial charge >= 0.3 is 0 Å². The molecule has 0 saturated heterocycles. The van der Waals surface area contributed by atoms with Gasteiger partial charge in [0.15, 0.2) is 0 Å². The summed E-state index contributed by atoms with van der Waals surface area (Å²) in [4.78, 5) is 1.68. The van der Waals surface area contributed by atoms with Gasteiger partial charge < -0.3 is 4.90 Å². The Balaban J connectivity index is 2.81. The predicted molar refractivity (Wildman–Crippen MR) is 65.7 cm³/mol. The van der Waals surface area contributed by atoms with Crippen LogP contribution in [-0.2, 0) is 0 Å². The third-order valence-electron chi connectivity index (χ3n) is 1.88. The molecule has 1 rings (SSSR count). The molecule has 0 aliphatic carbocycles. The van der Waals surface area contributed by atoms with Crippen LogP contribution in [-0.4, -0.2) is 34.4 Å². The molecule has 0 spiro atoms. The molecule has 1 aliphatic rings. The Hall–Kier alpha value is -1.53. The van der Waals surface area contributed by atoms with Crippen molar-refractivity contribution in [1.29, 1.82) is 0 Å². The first-order chi connectivity index (χ1) is 7.52. The zero-order valence-electron chi connectivity index (χ0n) is 9.45. The molecule has 1 heterocycles. The Bertz CT molecular complexity index is 396. The van der Waals surface area contributed by atoms with Gasteiger partial charge in [-0.05, 0) is 31.3 Å². The van der Waals surface area contributed by atoms with E-state index >= 15 is 0 Å². The highest BCUT2D eigenvalue weighted by atomic mass is 32.1. The van der Waals surface area contributed by atoms with Crippen molar-refractivity contribution in [3.05, 3.63) is 35.8 Å². The van der Waals surface area contributed by atoms with Crippen LogP contribution in [0.25, 0.3) is 0 Å². The van der Waals surface area contributed by atoms with Gasteiger partial charge in [-0.2, -0.15) is 5.11 Å². The number of azo groups is 1. The quantitative estimate of drug-likeness (QED) is 0.562. The van der Waals surface area contributed by atoms with Crippen molar-refractivity contribution in [3.8, 4) is 0 Å². The second kappa shape index (κ2) is 5.53. The minimum atomic E-state index is 0.389. The van der Waals surface area contributed by atoms with Crippen molar-refractivity contribution < 1.29 is 5.21 Å². The molecular weight excluding hydrogens is 224 g/mol. The van der Waals surface area contributed by atoms with Crippen LogP contribution in [0.2, 0.25) is 0 Å². The Morgan fingerprint density at radius 3 is 2.62 bits per heavy atom. The van der Waals surface area contributed by atoms with Crippen LogP contribution in [0.5, 0.6) is 0 Å². The van der Waals surface area contributed by atoms with E-state index in [0.717, 1.165) is 5.06 Å². The van der Waals surface area contributed by atoms with Crippen molar-refractivity contribution in [2.45, 2.75) is 6.92 Å². The molecule has 6 heteroatoms. The van der Waals surface area contributed by atoms with E-state index in [1.54, 1.807) is 38.1 Å². The molecule has 86 valence electrons. The van der Waals surface area contributed by atoms with E-state index in [1.807, 2.05) is 6.08 Å². The Labute approximate surface area is 100 Å². The van der Waals surface area contributed by atoms with Gasteiger partial charge in [-0.15, -0.1) is 5.11 Å². The second-order valence-corrected chi connectivity index (χ2v) is 3.76. The van der Waals surface area contributed by atoms with Crippen molar-refractivity contribution >= 4 is 17.3 Å². The van der Waals surface area contributed by atoms with Crippen molar-refractivity contribution in [2.24, 2.45) is 10.2 Å². The van der Waals surface area contributed by atoms with E-state index in [0.29, 0.717) is 16.5 Å². The number of allylic oxidation sites excluding steroid dienone is 4. The van der Waals surface area contributed by atoms with Crippen LogP contribution in [0.3, 0.4) is 0 Å². The maximum Gasteiger partial charge on any atom is 0.215 e. The molecule has 0 aromatic heterocycles. The largest absolute Gasteiger partial charge is 0.352 e. The molecule has 5 nitrogen and oxygen atoms in total. The van der Waals surface area contributed by atoms with Gasteiger partial charge in [0.05, 0.1) is 11.4 Å². The lowest BCUT2D eigenvalue weighted by molar-refractivity contribution is -0.00149. The third kappa shape index (κ3) is 3.25. The van der Waals surface area contributed by atoms with Gasteiger partial charge in [-0.1, -0.05) is 6.08 Å². The first kappa shape index (κ1) is 12.5. The summed E-state index contributed by atoms with van der Waals surface area (Å²) < 4.78 is 0. The Morgan fingerprint density at radius 2 is 2.06 bits per heavy atom. The number of hydroxylamine groups is 2.